The highest BCUT2D eigenvalue weighted by atomic mass is 19.4. The Kier molecular flexibility index (Phi) is 5.39. The molecule has 30 heavy (non-hydrogen) atoms. The number of hydrogen-bond donors (Lipinski definition) is 2. The van der Waals surface area contributed by atoms with Crippen LogP contribution in [-0.2, 0) is 11.0 Å². The minimum Gasteiger partial charge on any atom is -0.506 e. The van der Waals surface area contributed by atoms with Crippen LogP contribution in [0.2, 0.25) is 0 Å². The van der Waals surface area contributed by atoms with Crippen LogP contribution in [0.1, 0.15) is 32.9 Å². The fourth-order valence-electron chi connectivity index (χ4n) is 3.08. The van der Waals surface area contributed by atoms with Crippen LogP contribution in [-0.4, -0.2) is 26.6 Å². The van der Waals surface area contributed by atoms with Gasteiger partial charge in [0.05, 0.1) is 33.9 Å². The number of phenols is 1. The van der Waals surface area contributed by atoms with E-state index in [0.717, 1.165) is 17.7 Å². The zero-order valence-electron chi connectivity index (χ0n) is 16.3. The molecule has 0 unspecified atom stereocenters. The van der Waals surface area contributed by atoms with Crippen LogP contribution >= 0.6 is 0 Å². The number of amides is 1. The lowest BCUT2D eigenvalue weighted by Gasteiger charge is -2.10. The van der Waals surface area contributed by atoms with Gasteiger partial charge < -0.3 is 10.4 Å². The standard InChI is InChI=1S/C21H18F3N3O3/c1-11-7-8-16(17(28)9-11)25-20(30)19(29)18-12(2)26-27(13(18)3)15-6-4-5-14(10-15)21(22,23)24/h4-10,28H,1-3H3,(H,25,30). The SMILES string of the molecule is Cc1ccc(NC(=O)C(=O)c2c(C)nn(-c3cccc(C(F)(F)F)c3)c2C)c(O)c1. The van der Waals surface area contributed by atoms with Crippen molar-refractivity contribution < 1.29 is 27.9 Å². The highest BCUT2D eigenvalue weighted by Crippen LogP contribution is 2.31. The zero-order chi connectivity index (χ0) is 22.2. The molecule has 0 aliphatic carbocycles. The van der Waals surface area contributed by atoms with Crippen molar-refractivity contribution in [3.63, 3.8) is 0 Å². The number of ketones is 1. The summed E-state index contributed by atoms with van der Waals surface area (Å²) in [5, 5.41) is 16.4. The lowest BCUT2D eigenvalue weighted by Crippen LogP contribution is -2.24. The Morgan fingerprint density at radius 3 is 2.40 bits per heavy atom. The second-order valence-electron chi connectivity index (χ2n) is 6.81. The predicted octanol–water partition coefficient (Wildman–Crippen LogP) is 4.34. The molecule has 156 valence electrons. The van der Waals surface area contributed by atoms with Gasteiger partial charge in [0, 0.05) is 0 Å². The molecular formula is C21H18F3N3O3. The average molecular weight is 417 g/mol. The molecule has 0 saturated heterocycles. The predicted molar refractivity (Wildman–Crippen MR) is 104 cm³/mol. The number of anilines is 1. The lowest BCUT2D eigenvalue weighted by molar-refractivity contribution is -0.137. The van der Waals surface area contributed by atoms with Gasteiger partial charge in [-0.15, -0.1) is 0 Å². The summed E-state index contributed by atoms with van der Waals surface area (Å²) >= 11 is 0. The Bertz CT molecular complexity index is 1150. The molecule has 0 saturated carbocycles. The summed E-state index contributed by atoms with van der Waals surface area (Å²) in [5.41, 5.74) is 0.495. The van der Waals surface area contributed by atoms with E-state index in [4.69, 9.17) is 0 Å². The van der Waals surface area contributed by atoms with Crippen molar-refractivity contribution in [2.24, 2.45) is 0 Å². The first kappa shape index (κ1) is 21.1. The van der Waals surface area contributed by atoms with E-state index in [-0.39, 0.29) is 34.1 Å². The average Bonchev–Trinajstić information content (AvgIpc) is 2.97. The molecule has 0 atom stereocenters. The molecule has 1 amide bonds. The third kappa shape index (κ3) is 4.05. The Hall–Kier alpha value is -3.62. The number of alkyl halides is 3. The van der Waals surface area contributed by atoms with E-state index < -0.39 is 23.4 Å². The van der Waals surface area contributed by atoms with Crippen LogP contribution in [0.5, 0.6) is 5.75 Å². The van der Waals surface area contributed by atoms with Crippen LogP contribution < -0.4 is 5.32 Å². The Morgan fingerprint density at radius 2 is 1.77 bits per heavy atom. The molecule has 9 heteroatoms. The van der Waals surface area contributed by atoms with Crippen molar-refractivity contribution in [3.8, 4) is 11.4 Å². The summed E-state index contributed by atoms with van der Waals surface area (Å²) in [6.45, 7) is 4.73. The number of rotatable bonds is 4. The maximum atomic E-state index is 13.0. The van der Waals surface area contributed by atoms with Crippen LogP contribution in [0.4, 0.5) is 18.9 Å². The Morgan fingerprint density at radius 1 is 1.07 bits per heavy atom. The molecule has 0 radical (unpaired) electrons. The second kappa shape index (κ2) is 7.66. The summed E-state index contributed by atoms with van der Waals surface area (Å²) in [4.78, 5) is 25.1. The van der Waals surface area contributed by atoms with E-state index >= 15 is 0 Å². The van der Waals surface area contributed by atoms with Gasteiger partial charge in [-0.1, -0.05) is 12.1 Å². The number of carbonyl (C=O) groups is 2. The van der Waals surface area contributed by atoms with E-state index in [0.29, 0.717) is 0 Å². The molecule has 1 aromatic heterocycles. The molecule has 0 aliphatic rings. The van der Waals surface area contributed by atoms with Crippen molar-refractivity contribution in [2.75, 3.05) is 5.32 Å². The van der Waals surface area contributed by atoms with Crippen molar-refractivity contribution in [2.45, 2.75) is 26.9 Å². The van der Waals surface area contributed by atoms with E-state index in [1.54, 1.807) is 13.0 Å². The first-order valence-corrected chi connectivity index (χ1v) is 8.88. The first-order chi connectivity index (χ1) is 14.0. The van der Waals surface area contributed by atoms with Gasteiger partial charge in [0.15, 0.2) is 0 Å². The van der Waals surface area contributed by atoms with Crippen LogP contribution in [0.25, 0.3) is 5.69 Å². The number of carbonyl (C=O) groups excluding carboxylic acids is 2. The normalized spacial score (nSPS) is 11.4. The van der Waals surface area contributed by atoms with Gasteiger partial charge in [-0.2, -0.15) is 18.3 Å². The highest BCUT2D eigenvalue weighted by Gasteiger charge is 2.31. The largest absolute Gasteiger partial charge is 0.506 e. The van der Waals surface area contributed by atoms with E-state index in [9.17, 15) is 27.9 Å². The quantitative estimate of drug-likeness (QED) is 0.376. The van der Waals surface area contributed by atoms with Crippen molar-refractivity contribution in [3.05, 3.63) is 70.5 Å². The van der Waals surface area contributed by atoms with Gasteiger partial charge in [-0.3, -0.25) is 9.59 Å². The van der Waals surface area contributed by atoms with Crippen LogP contribution in [0.3, 0.4) is 0 Å². The number of nitrogens with one attached hydrogen (secondary N) is 1. The molecule has 1 heterocycles. The molecular weight excluding hydrogens is 399 g/mol. The Labute approximate surface area is 170 Å². The minimum absolute atomic E-state index is 0.0171. The number of aryl methyl sites for hydroxylation is 2. The maximum Gasteiger partial charge on any atom is 0.416 e. The number of halogens is 3. The molecule has 6 nitrogen and oxygen atoms in total. The minimum atomic E-state index is -4.53. The smallest absolute Gasteiger partial charge is 0.416 e. The van der Waals surface area contributed by atoms with E-state index in [2.05, 4.69) is 10.4 Å². The highest BCUT2D eigenvalue weighted by molar-refractivity contribution is 6.47. The summed E-state index contributed by atoms with van der Waals surface area (Å²) in [6, 6.07) is 9.06. The molecule has 0 aliphatic heterocycles. The second-order valence-corrected chi connectivity index (χ2v) is 6.81. The monoisotopic (exact) mass is 417 g/mol. The van der Waals surface area contributed by atoms with Gasteiger partial charge in [0.2, 0.25) is 0 Å². The Balaban J connectivity index is 1.93. The number of benzene rings is 2. The molecule has 0 bridgehead atoms. The number of aromatic nitrogens is 2. The number of hydrogen-bond acceptors (Lipinski definition) is 4. The molecule has 2 N–H and O–H groups in total. The van der Waals surface area contributed by atoms with Crippen molar-refractivity contribution >= 4 is 17.4 Å². The number of phenolic OH excluding ortho intramolecular Hbond substituents is 1. The lowest BCUT2D eigenvalue weighted by atomic mass is 10.1. The van der Waals surface area contributed by atoms with Gasteiger partial charge in [0.25, 0.3) is 11.7 Å². The van der Waals surface area contributed by atoms with Crippen LogP contribution in [0, 0.1) is 20.8 Å². The zero-order valence-corrected chi connectivity index (χ0v) is 16.3. The fraction of sp³-hybridized carbons (Fsp3) is 0.190. The number of aromatic hydroxyl groups is 1. The molecule has 3 aromatic rings. The first-order valence-electron chi connectivity index (χ1n) is 8.88. The maximum absolute atomic E-state index is 13.0. The molecule has 0 spiro atoms. The van der Waals surface area contributed by atoms with Gasteiger partial charge >= 0.3 is 6.18 Å². The topological polar surface area (TPSA) is 84.2 Å². The van der Waals surface area contributed by atoms with Crippen molar-refractivity contribution in [1.82, 2.24) is 9.78 Å². The van der Waals surface area contributed by atoms with E-state index in [1.807, 2.05) is 0 Å². The van der Waals surface area contributed by atoms with E-state index in [1.165, 1.54) is 42.8 Å². The fourth-order valence-corrected chi connectivity index (χ4v) is 3.08. The van der Waals surface area contributed by atoms with Crippen LogP contribution in [0.15, 0.2) is 42.5 Å². The number of nitrogens with zero attached hydrogens (tertiary/aromatic N) is 2. The molecule has 3 rings (SSSR count). The van der Waals surface area contributed by atoms with Gasteiger partial charge in [0.1, 0.15) is 5.75 Å². The molecule has 2 aromatic carbocycles. The van der Waals surface area contributed by atoms with Gasteiger partial charge in [-0.05, 0) is 56.7 Å². The summed E-state index contributed by atoms with van der Waals surface area (Å²) in [6.07, 6.45) is -4.53. The number of Topliss-reactive ketones (excluding diaryl/α,β-unsaturated/α-hetero) is 1. The van der Waals surface area contributed by atoms with Gasteiger partial charge in [-0.25, -0.2) is 4.68 Å². The summed E-state index contributed by atoms with van der Waals surface area (Å²) in [7, 11) is 0. The third-order valence-electron chi connectivity index (χ3n) is 4.54. The summed E-state index contributed by atoms with van der Waals surface area (Å²) in [5.74, 6) is -2.10. The summed E-state index contributed by atoms with van der Waals surface area (Å²) < 4.78 is 40.2. The molecule has 0 fully saturated rings. The van der Waals surface area contributed by atoms with Crippen molar-refractivity contribution in [1.29, 1.82) is 0 Å². The third-order valence-corrected chi connectivity index (χ3v) is 4.54.